The lowest BCUT2D eigenvalue weighted by Crippen LogP contribution is -2.38. The number of para-hydroxylation sites is 1. The Morgan fingerprint density at radius 2 is 2.18 bits per heavy atom. The molecule has 3 nitrogen and oxygen atoms in total. The molecule has 1 aromatic carbocycles. The van der Waals surface area contributed by atoms with E-state index in [1.165, 1.54) is 0 Å². The lowest BCUT2D eigenvalue weighted by atomic mass is 10.2. The molecule has 92 valence electrons. The summed E-state index contributed by atoms with van der Waals surface area (Å²) in [4.78, 5) is 14.0. The van der Waals surface area contributed by atoms with E-state index in [4.69, 9.17) is 4.74 Å². The Labute approximate surface area is 102 Å². The van der Waals surface area contributed by atoms with Crippen LogP contribution in [0.3, 0.4) is 0 Å². The second kappa shape index (κ2) is 5.21. The molecule has 2 rings (SSSR count). The van der Waals surface area contributed by atoms with Gasteiger partial charge in [-0.25, -0.2) is 0 Å². The van der Waals surface area contributed by atoms with E-state index in [0.29, 0.717) is 6.54 Å². The number of carbonyl (C=O) groups is 1. The minimum absolute atomic E-state index is 0.0923. The van der Waals surface area contributed by atoms with Crippen LogP contribution in [0.4, 0.5) is 0 Å². The summed E-state index contributed by atoms with van der Waals surface area (Å²) in [6.07, 6.45) is 1.76. The number of nitrogens with zero attached hydrogens (tertiary/aromatic N) is 1. The molecule has 1 heterocycles. The summed E-state index contributed by atoms with van der Waals surface area (Å²) in [5.41, 5.74) is 1.10. The van der Waals surface area contributed by atoms with Gasteiger partial charge in [-0.1, -0.05) is 31.5 Å². The van der Waals surface area contributed by atoms with Gasteiger partial charge in [-0.15, -0.1) is 0 Å². The van der Waals surface area contributed by atoms with Crippen LogP contribution in [0.5, 0.6) is 5.75 Å². The highest BCUT2D eigenvalue weighted by Gasteiger charge is 2.26. The first kappa shape index (κ1) is 12.0. The number of unbranched alkanes of at least 4 members (excludes halogenated alkanes) is 1. The summed E-state index contributed by atoms with van der Waals surface area (Å²) >= 11 is 0. The largest absolute Gasteiger partial charge is 0.481 e. The number of ether oxygens (including phenoxy) is 1. The maximum absolute atomic E-state index is 12.1. The molecule has 3 heteroatoms. The van der Waals surface area contributed by atoms with E-state index < -0.39 is 0 Å². The number of hydrogen-bond acceptors (Lipinski definition) is 2. The molecule has 0 N–H and O–H groups in total. The molecule has 17 heavy (non-hydrogen) atoms. The molecule has 0 spiro atoms. The van der Waals surface area contributed by atoms with Crippen molar-refractivity contribution >= 4 is 5.91 Å². The zero-order valence-corrected chi connectivity index (χ0v) is 10.5. The quantitative estimate of drug-likeness (QED) is 0.803. The van der Waals surface area contributed by atoms with Crippen LogP contribution in [-0.2, 0) is 11.3 Å². The SMILES string of the molecule is CCCCN1Cc2ccccc2OC(C)C1=O. The van der Waals surface area contributed by atoms with E-state index >= 15 is 0 Å². The second-order valence-electron chi connectivity index (χ2n) is 4.48. The molecule has 0 bridgehead atoms. The highest BCUT2D eigenvalue weighted by molar-refractivity contribution is 5.81. The molecule has 0 saturated heterocycles. The molecule has 0 fully saturated rings. The third-order valence-electron chi connectivity index (χ3n) is 3.08. The van der Waals surface area contributed by atoms with E-state index in [1.807, 2.05) is 36.1 Å². The Balaban J connectivity index is 2.22. The molecule has 1 aliphatic heterocycles. The molecule has 1 aliphatic rings. The van der Waals surface area contributed by atoms with E-state index in [9.17, 15) is 4.79 Å². The summed E-state index contributed by atoms with van der Waals surface area (Å²) < 4.78 is 5.69. The van der Waals surface area contributed by atoms with Crippen molar-refractivity contribution in [1.82, 2.24) is 4.90 Å². The Hall–Kier alpha value is -1.51. The smallest absolute Gasteiger partial charge is 0.263 e. The number of rotatable bonds is 3. The Morgan fingerprint density at radius 1 is 1.41 bits per heavy atom. The van der Waals surface area contributed by atoms with Crippen LogP contribution in [0.25, 0.3) is 0 Å². The van der Waals surface area contributed by atoms with Crippen LogP contribution in [0, 0.1) is 0 Å². The normalized spacial score (nSPS) is 19.5. The first-order valence-electron chi connectivity index (χ1n) is 6.25. The summed E-state index contributed by atoms with van der Waals surface area (Å²) in [5, 5.41) is 0. The van der Waals surface area contributed by atoms with Gasteiger partial charge in [0.15, 0.2) is 6.10 Å². The summed E-state index contributed by atoms with van der Waals surface area (Å²) in [5.74, 6) is 0.932. The lowest BCUT2D eigenvalue weighted by molar-refractivity contribution is -0.137. The molecule has 1 aromatic rings. The van der Waals surface area contributed by atoms with Crippen LogP contribution >= 0.6 is 0 Å². The Bertz CT molecular complexity index is 403. The van der Waals surface area contributed by atoms with Crippen molar-refractivity contribution in [2.75, 3.05) is 6.54 Å². The maximum Gasteiger partial charge on any atom is 0.263 e. The highest BCUT2D eigenvalue weighted by Crippen LogP contribution is 2.25. The van der Waals surface area contributed by atoms with Crippen molar-refractivity contribution in [1.29, 1.82) is 0 Å². The summed E-state index contributed by atoms with van der Waals surface area (Å²) in [6.45, 7) is 5.44. The topological polar surface area (TPSA) is 29.5 Å². The average Bonchev–Trinajstić information content (AvgIpc) is 2.46. The van der Waals surface area contributed by atoms with E-state index in [1.54, 1.807) is 0 Å². The molecule has 0 aromatic heterocycles. The Kier molecular flexibility index (Phi) is 3.67. The van der Waals surface area contributed by atoms with Crippen molar-refractivity contribution in [2.24, 2.45) is 0 Å². The lowest BCUT2D eigenvalue weighted by Gasteiger charge is -2.21. The Morgan fingerprint density at radius 3 is 2.94 bits per heavy atom. The molecule has 1 atom stereocenters. The standard InChI is InChI=1S/C14H19NO2/c1-3-4-9-15-10-12-7-5-6-8-13(12)17-11(2)14(15)16/h5-8,11H,3-4,9-10H2,1-2H3. The van der Waals surface area contributed by atoms with Gasteiger partial charge < -0.3 is 9.64 Å². The van der Waals surface area contributed by atoms with Gasteiger partial charge in [0.2, 0.25) is 0 Å². The van der Waals surface area contributed by atoms with Crippen molar-refractivity contribution in [3.8, 4) is 5.75 Å². The fourth-order valence-electron chi connectivity index (χ4n) is 2.07. The number of benzene rings is 1. The fraction of sp³-hybridized carbons (Fsp3) is 0.500. The van der Waals surface area contributed by atoms with Crippen LogP contribution in [-0.4, -0.2) is 23.5 Å². The average molecular weight is 233 g/mol. The third-order valence-corrected chi connectivity index (χ3v) is 3.08. The molecular formula is C14H19NO2. The molecule has 0 aliphatic carbocycles. The number of carbonyl (C=O) groups excluding carboxylic acids is 1. The van der Waals surface area contributed by atoms with Crippen LogP contribution in [0.15, 0.2) is 24.3 Å². The van der Waals surface area contributed by atoms with Crippen molar-refractivity contribution in [3.63, 3.8) is 0 Å². The zero-order valence-electron chi connectivity index (χ0n) is 10.5. The predicted octanol–water partition coefficient (Wildman–Crippen LogP) is 2.60. The second-order valence-corrected chi connectivity index (χ2v) is 4.48. The van der Waals surface area contributed by atoms with Crippen molar-refractivity contribution in [3.05, 3.63) is 29.8 Å². The molecule has 0 saturated carbocycles. The first-order valence-corrected chi connectivity index (χ1v) is 6.25. The van der Waals surface area contributed by atoms with E-state index in [2.05, 4.69) is 6.92 Å². The maximum atomic E-state index is 12.1. The van der Waals surface area contributed by atoms with Crippen LogP contribution in [0.2, 0.25) is 0 Å². The minimum atomic E-state index is -0.379. The van der Waals surface area contributed by atoms with Gasteiger partial charge in [0.05, 0.1) is 0 Å². The van der Waals surface area contributed by atoms with Gasteiger partial charge in [-0.05, 0) is 19.4 Å². The fourth-order valence-corrected chi connectivity index (χ4v) is 2.07. The monoisotopic (exact) mass is 233 g/mol. The highest BCUT2D eigenvalue weighted by atomic mass is 16.5. The number of fused-ring (bicyclic) bond motifs is 1. The minimum Gasteiger partial charge on any atom is -0.481 e. The molecular weight excluding hydrogens is 214 g/mol. The third kappa shape index (κ3) is 2.60. The van der Waals surface area contributed by atoms with Gasteiger partial charge in [0.25, 0.3) is 5.91 Å². The number of hydrogen-bond donors (Lipinski definition) is 0. The number of amides is 1. The van der Waals surface area contributed by atoms with Gasteiger partial charge in [0.1, 0.15) is 5.75 Å². The molecule has 1 amide bonds. The van der Waals surface area contributed by atoms with Gasteiger partial charge in [0, 0.05) is 18.7 Å². The summed E-state index contributed by atoms with van der Waals surface area (Å²) in [7, 11) is 0. The van der Waals surface area contributed by atoms with Crippen LogP contribution in [0.1, 0.15) is 32.3 Å². The molecule has 0 radical (unpaired) electrons. The van der Waals surface area contributed by atoms with Gasteiger partial charge in [-0.2, -0.15) is 0 Å². The summed E-state index contributed by atoms with van der Waals surface area (Å²) in [6, 6.07) is 7.89. The molecule has 1 unspecified atom stereocenters. The van der Waals surface area contributed by atoms with Gasteiger partial charge in [-0.3, -0.25) is 4.79 Å². The van der Waals surface area contributed by atoms with Gasteiger partial charge >= 0.3 is 0 Å². The van der Waals surface area contributed by atoms with Crippen LogP contribution < -0.4 is 4.74 Å². The van der Waals surface area contributed by atoms with Crippen molar-refractivity contribution in [2.45, 2.75) is 39.3 Å². The van der Waals surface area contributed by atoms with Crippen molar-refractivity contribution < 1.29 is 9.53 Å². The van der Waals surface area contributed by atoms with E-state index in [0.717, 1.165) is 30.7 Å². The zero-order chi connectivity index (χ0) is 12.3. The first-order chi connectivity index (χ1) is 8.22. The van der Waals surface area contributed by atoms with E-state index in [-0.39, 0.29) is 12.0 Å². The predicted molar refractivity (Wildman–Crippen MR) is 66.9 cm³/mol.